The maximum atomic E-state index is 13.5. The van der Waals surface area contributed by atoms with Gasteiger partial charge < -0.3 is 15.3 Å². The smallest absolute Gasteiger partial charge is 0.248 e. The van der Waals surface area contributed by atoms with Crippen LogP contribution in [0.2, 0.25) is 0 Å². The highest BCUT2D eigenvalue weighted by atomic mass is 16.3. The summed E-state index contributed by atoms with van der Waals surface area (Å²) in [5.41, 5.74) is 1.84. The molecule has 182 valence electrons. The zero-order chi connectivity index (χ0) is 23.6. The molecule has 6 heteroatoms. The van der Waals surface area contributed by atoms with Crippen molar-refractivity contribution in [1.29, 1.82) is 0 Å². The van der Waals surface area contributed by atoms with Gasteiger partial charge in [-0.1, -0.05) is 57.4 Å². The van der Waals surface area contributed by atoms with E-state index in [-0.39, 0.29) is 17.7 Å². The molecule has 1 saturated carbocycles. The molecule has 0 radical (unpaired) electrons. The quantitative estimate of drug-likeness (QED) is 0.689. The molecular weight excluding hydrogens is 414 g/mol. The van der Waals surface area contributed by atoms with E-state index in [0.29, 0.717) is 25.3 Å². The summed E-state index contributed by atoms with van der Waals surface area (Å²) >= 11 is 0. The molecule has 33 heavy (non-hydrogen) atoms. The fourth-order valence-electron chi connectivity index (χ4n) is 6.12. The first kappa shape index (κ1) is 24.2. The average Bonchev–Trinajstić information content (AvgIpc) is 2.83. The van der Waals surface area contributed by atoms with Crippen molar-refractivity contribution in [2.75, 3.05) is 19.6 Å². The van der Waals surface area contributed by atoms with E-state index >= 15 is 0 Å². The Kier molecular flexibility index (Phi) is 7.44. The molecule has 2 aliphatic heterocycles. The molecule has 3 fully saturated rings. The molecule has 1 aliphatic carbocycles. The largest absolute Gasteiger partial charge is 0.390 e. The van der Waals surface area contributed by atoms with Gasteiger partial charge in [0.2, 0.25) is 11.8 Å². The zero-order valence-corrected chi connectivity index (χ0v) is 20.6. The number of hydrogen-bond donors (Lipinski definition) is 2. The maximum Gasteiger partial charge on any atom is 0.248 e. The standard InChI is InChI=1S/C27H41N3O3/c1-4-30-25(32)23(24(31)22-8-6-5-7-9-22)28-26(33)27(30)14-16-29(17-15-27)18-20-10-12-21(13-11-20)19(2)3/h10-13,19,22-24,31H,4-9,14-18H2,1-3H3,(H,28,33)/t23-,24-/m1/s1. The lowest BCUT2D eigenvalue weighted by molar-refractivity contribution is -0.165. The van der Waals surface area contributed by atoms with Gasteiger partial charge in [0.25, 0.3) is 0 Å². The van der Waals surface area contributed by atoms with E-state index < -0.39 is 17.7 Å². The van der Waals surface area contributed by atoms with Gasteiger partial charge in [-0.05, 0) is 55.6 Å². The van der Waals surface area contributed by atoms with Crippen LogP contribution in [0.25, 0.3) is 0 Å². The van der Waals surface area contributed by atoms with E-state index in [2.05, 4.69) is 48.3 Å². The number of carbonyl (C=O) groups is 2. The Balaban J connectivity index is 1.41. The molecule has 6 nitrogen and oxygen atoms in total. The monoisotopic (exact) mass is 455 g/mol. The van der Waals surface area contributed by atoms with Crippen LogP contribution < -0.4 is 5.32 Å². The minimum Gasteiger partial charge on any atom is -0.390 e. The van der Waals surface area contributed by atoms with Crippen LogP contribution in [0.4, 0.5) is 0 Å². The Morgan fingerprint density at radius 3 is 2.27 bits per heavy atom. The van der Waals surface area contributed by atoms with Crippen LogP contribution in [0, 0.1) is 5.92 Å². The summed E-state index contributed by atoms with van der Waals surface area (Å²) in [6.45, 7) is 9.26. The molecule has 2 amide bonds. The lowest BCUT2D eigenvalue weighted by atomic mass is 9.78. The molecule has 1 spiro atoms. The number of piperidine rings is 1. The van der Waals surface area contributed by atoms with Crippen molar-refractivity contribution in [3.63, 3.8) is 0 Å². The predicted molar refractivity (Wildman–Crippen MR) is 130 cm³/mol. The number of aliphatic hydroxyl groups excluding tert-OH is 1. The van der Waals surface area contributed by atoms with Crippen molar-refractivity contribution in [2.45, 2.75) is 95.9 Å². The molecular formula is C27H41N3O3. The number of amides is 2. The van der Waals surface area contributed by atoms with Gasteiger partial charge in [-0.15, -0.1) is 0 Å². The van der Waals surface area contributed by atoms with Crippen LogP contribution in [0.15, 0.2) is 24.3 Å². The van der Waals surface area contributed by atoms with Gasteiger partial charge in [-0.3, -0.25) is 14.5 Å². The molecule has 0 aromatic heterocycles. The van der Waals surface area contributed by atoms with Gasteiger partial charge in [0.1, 0.15) is 11.6 Å². The van der Waals surface area contributed by atoms with Crippen molar-refractivity contribution in [3.8, 4) is 0 Å². The summed E-state index contributed by atoms with van der Waals surface area (Å²) in [7, 11) is 0. The van der Waals surface area contributed by atoms with Crippen molar-refractivity contribution < 1.29 is 14.7 Å². The van der Waals surface area contributed by atoms with Crippen molar-refractivity contribution in [3.05, 3.63) is 35.4 Å². The lowest BCUT2D eigenvalue weighted by Crippen LogP contribution is -2.74. The van der Waals surface area contributed by atoms with Crippen LogP contribution in [0.3, 0.4) is 0 Å². The SMILES string of the molecule is CCN1C(=O)[C@@H]([C@H](O)C2CCCCC2)NC(=O)C12CCN(Cc1ccc(C(C)C)cc1)CC2. The average molecular weight is 456 g/mol. The molecule has 2 saturated heterocycles. The fourth-order valence-corrected chi connectivity index (χ4v) is 6.12. The Morgan fingerprint density at radius 2 is 1.70 bits per heavy atom. The van der Waals surface area contributed by atoms with Crippen LogP contribution in [0.1, 0.15) is 82.8 Å². The van der Waals surface area contributed by atoms with Gasteiger partial charge >= 0.3 is 0 Å². The molecule has 0 unspecified atom stereocenters. The number of rotatable bonds is 6. The van der Waals surface area contributed by atoms with E-state index in [1.54, 1.807) is 4.90 Å². The van der Waals surface area contributed by atoms with Crippen molar-refractivity contribution >= 4 is 11.8 Å². The second-order valence-electron chi connectivity index (χ2n) is 10.6. The number of nitrogens with zero attached hydrogens (tertiary/aromatic N) is 2. The topological polar surface area (TPSA) is 72.9 Å². The maximum absolute atomic E-state index is 13.5. The van der Waals surface area contributed by atoms with E-state index in [0.717, 1.165) is 45.3 Å². The second-order valence-corrected chi connectivity index (χ2v) is 10.6. The summed E-state index contributed by atoms with van der Waals surface area (Å²) in [4.78, 5) is 31.0. The van der Waals surface area contributed by atoms with E-state index in [4.69, 9.17) is 0 Å². The van der Waals surface area contributed by atoms with Crippen LogP contribution in [0.5, 0.6) is 0 Å². The van der Waals surface area contributed by atoms with Gasteiger partial charge in [-0.2, -0.15) is 0 Å². The summed E-state index contributed by atoms with van der Waals surface area (Å²) < 4.78 is 0. The fraction of sp³-hybridized carbons (Fsp3) is 0.704. The first-order valence-electron chi connectivity index (χ1n) is 13.0. The predicted octanol–water partition coefficient (Wildman–Crippen LogP) is 3.43. The normalized spacial score (nSPS) is 25.5. The number of benzene rings is 1. The van der Waals surface area contributed by atoms with Crippen molar-refractivity contribution in [2.24, 2.45) is 5.92 Å². The number of piperazine rings is 1. The molecule has 3 aliphatic rings. The van der Waals surface area contributed by atoms with E-state index in [9.17, 15) is 14.7 Å². The van der Waals surface area contributed by atoms with Crippen LogP contribution >= 0.6 is 0 Å². The zero-order valence-electron chi connectivity index (χ0n) is 20.6. The Morgan fingerprint density at radius 1 is 1.06 bits per heavy atom. The number of nitrogens with one attached hydrogen (secondary N) is 1. The van der Waals surface area contributed by atoms with Gasteiger partial charge in [0, 0.05) is 26.2 Å². The Hall–Kier alpha value is -1.92. The first-order chi connectivity index (χ1) is 15.9. The molecule has 2 N–H and O–H groups in total. The summed E-state index contributed by atoms with van der Waals surface area (Å²) in [5.74, 6) is 0.444. The minimum absolute atomic E-state index is 0.0789. The molecule has 4 rings (SSSR count). The lowest BCUT2D eigenvalue weighted by Gasteiger charge is -2.52. The van der Waals surface area contributed by atoms with Crippen molar-refractivity contribution in [1.82, 2.24) is 15.1 Å². The molecule has 2 atom stereocenters. The number of likely N-dealkylation sites (tertiary alicyclic amines) is 1. The summed E-state index contributed by atoms with van der Waals surface area (Å²) in [5, 5.41) is 13.9. The molecule has 0 bridgehead atoms. The minimum atomic E-state index is -0.802. The summed E-state index contributed by atoms with van der Waals surface area (Å²) in [6, 6.07) is 8.01. The third kappa shape index (κ3) is 4.83. The van der Waals surface area contributed by atoms with E-state index in [1.165, 1.54) is 17.5 Å². The molecule has 2 heterocycles. The van der Waals surface area contributed by atoms with Gasteiger partial charge in [-0.25, -0.2) is 0 Å². The molecule has 1 aromatic rings. The number of aliphatic hydroxyl groups is 1. The van der Waals surface area contributed by atoms with Crippen LogP contribution in [-0.4, -0.2) is 64.0 Å². The summed E-state index contributed by atoms with van der Waals surface area (Å²) in [6.07, 6.45) is 5.72. The third-order valence-corrected chi connectivity index (χ3v) is 8.28. The van der Waals surface area contributed by atoms with Crippen LogP contribution in [-0.2, 0) is 16.1 Å². The number of likely N-dealkylation sites (N-methyl/N-ethyl adjacent to an activating group) is 1. The first-order valence-corrected chi connectivity index (χ1v) is 13.0. The highest BCUT2D eigenvalue weighted by molar-refractivity contribution is 6.00. The van der Waals surface area contributed by atoms with E-state index in [1.807, 2.05) is 6.92 Å². The molecule has 1 aromatic carbocycles. The number of hydrogen-bond acceptors (Lipinski definition) is 4. The highest BCUT2D eigenvalue weighted by Crippen LogP contribution is 2.36. The number of carbonyl (C=O) groups excluding carboxylic acids is 2. The second kappa shape index (κ2) is 10.1. The Bertz CT molecular complexity index is 824. The highest BCUT2D eigenvalue weighted by Gasteiger charge is 2.54. The Labute approximate surface area is 198 Å². The van der Waals surface area contributed by atoms with Gasteiger partial charge in [0.05, 0.1) is 6.10 Å². The third-order valence-electron chi connectivity index (χ3n) is 8.28. The van der Waals surface area contributed by atoms with Gasteiger partial charge in [0.15, 0.2) is 0 Å².